The third-order valence-electron chi connectivity index (χ3n) is 3.01. The predicted molar refractivity (Wildman–Crippen MR) is 61.3 cm³/mol. The van der Waals surface area contributed by atoms with Crippen molar-refractivity contribution in [2.45, 2.75) is 31.9 Å². The van der Waals surface area contributed by atoms with Crippen LogP contribution in [0.3, 0.4) is 0 Å². The minimum Gasteiger partial charge on any atom is -0.480 e. The molecule has 0 saturated carbocycles. The lowest BCUT2D eigenvalue weighted by Crippen LogP contribution is -2.52. The van der Waals surface area contributed by atoms with Crippen molar-refractivity contribution >= 4 is 23.6 Å². The van der Waals surface area contributed by atoms with Gasteiger partial charge in [0.2, 0.25) is 0 Å². The van der Waals surface area contributed by atoms with Crippen molar-refractivity contribution in [1.82, 2.24) is 4.90 Å². The van der Waals surface area contributed by atoms with Gasteiger partial charge in [0.05, 0.1) is 5.88 Å². The van der Waals surface area contributed by atoms with Gasteiger partial charge in [-0.15, -0.1) is 11.8 Å². The van der Waals surface area contributed by atoms with Gasteiger partial charge in [0.15, 0.2) is 0 Å². The molecule has 1 aliphatic rings. The molecule has 0 radical (unpaired) electrons. The highest BCUT2D eigenvalue weighted by molar-refractivity contribution is 7.99. The predicted octanol–water partition coefficient (Wildman–Crippen LogP) is 0.788. The summed E-state index contributed by atoms with van der Waals surface area (Å²) in [5.41, 5.74) is -0.918. The number of carboxylic acid groups (broad SMARTS) is 1. The molecule has 1 amide bonds. The largest absolute Gasteiger partial charge is 0.480 e. The summed E-state index contributed by atoms with van der Waals surface area (Å²) in [7, 11) is 1.47. The first-order valence-electron chi connectivity index (χ1n) is 5.13. The summed E-state index contributed by atoms with van der Waals surface area (Å²) < 4.78 is 5.20. The Bertz CT molecular complexity index is 291. The summed E-state index contributed by atoms with van der Waals surface area (Å²) >= 11 is 1.45. The van der Waals surface area contributed by atoms with Crippen LogP contribution < -0.4 is 0 Å². The fraction of sp³-hybridized carbons (Fsp3) is 0.800. The summed E-state index contributed by atoms with van der Waals surface area (Å²) in [5.74, 6) is -0.318. The molecule has 1 N–H and O–H groups in total. The molecule has 1 fully saturated rings. The Labute approximate surface area is 99.1 Å². The average Bonchev–Trinajstić information content (AvgIpc) is 2.75. The molecule has 16 heavy (non-hydrogen) atoms. The first-order valence-corrected chi connectivity index (χ1v) is 6.28. The number of aliphatic carboxylic acids is 1. The Hall–Kier alpha value is -0.750. The van der Waals surface area contributed by atoms with E-state index in [4.69, 9.17) is 9.84 Å². The zero-order valence-electron chi connectivity index (χ0n) is 9.73. The van der Waals surface area contributed by atoms with Crippen LogP contribution in [0.2, 0.25) is 0 Å². The van der Waals surface area contributed by atoms with Crippen LogP contribution in [0.15, 0.2) is 0 Å². The highest BCUT2D eigenvalue weighted by atomic mass is 32.2. The van der Waals surface area contributed by atoms with Crippen LogP contribution in [0, 0.1) is 0 Å². The molecule has 1 aliphatic heterocycles. The van der Waals surface area contributed by atoms with E-state index in [1.807, 2.05) is 6.92 Å². The van der Waals surface area contributed by atoms with E-state index in [-0.39, 0.29) is 5.91 Å². The van der Waals surface area contributed by atoms with Crippen LogP contribution in [0.5, 0.6) is 0 Å². The van der Waals surface area contributed by atoms with E-state index in [1.165, 1.54) is 23.8 Å². The SMILES string of the molecule is CCC(C)(OC)C(=O)N1CSCC1C(=O)O. The molecule has 92 valence electrons. The maximum absolute atomic E-state index is 12.2. The van der Waals surface area contributed by atoms with Crippen LogP contribution in [0.4, 0.5) is 0 Å². The summed E-state index contributed by atoms with van der Waals surface area (Å²) in [5, 5.41) is 9.00. The lowest BCUT2D eigenvalue weighted by molar-refractivity contribution is -0.159. The molecule has 0 bridgehead atoms. The van der Waals surface area contributed by atoms with Gasteiger partial charge in [-0.2, -0.15) is 0 Å². The van der Waals surface area contributed by atoms with Gasteiger partial charge in [-0.1, -0.05) is 6.92 Å². The van der Waals surface area contributed by atoms with Crippen LogP contribution in [0.1, 0.15) is 20.3 Å². The first-order chi connectivity index (χ1) is 7.46. The monoisotopic (exact) mass is 247 g/mol. The number of hydrogen-bond donors (Lipinski definition) is 1. The Morgan fingerprint density at radius 1 is 1.62 bits per heavy atom. The maximum Gasteiger partial charge on any atom is 0.327 e. The van der Waals surface area contributed by atoms with E-state index in [9.17, 15) is 9.59 Å². The van der Waals surface area contributed by atoms with Crippen molar-refractivity contribution in [3.05, 3.63) is 0 Å². The molecule has 2 atom stereocenters. The number of hydrogen-bond acceptors (Lipinski definition) is 4. The van der Waals surface area contributed by atoms with Crippen molar-refractivity contribution in [2.75, 3.05) is 18.7 Å². The number of ether oxygens (including phenoxy) is 1. The minimum atomic E-state index is -0.951. The third kappa shape index (κ3) is 2.32. The van der Waals surface area contributed by atoms with Gasteiger partial charge < -0.3 is 14.7 Å². The second kappa shape index (κ2) is 5.05. The van der Waals surface area contributed by atoms with Crippen molar-refractivity contribution in [2.24, 2.45) is 0 Å². The third-order valence-corrected chi connectivity index (χ3v) is 4.02. The molecule has 0 spiro atoms. The maximum atomic E-state index is 12.2. The smallest absolute Gasteiger partial charge is 0.327 e. The van der Waals surface area contributed by atoms with Crippen molar-refractivity contribution < 1.29 is 19.4 Å². The van der Waals surface area contributed by atoms with E-state index in [0.29, 0.717) is 18.1 Å². The standard InChI is InChI=1S/C10H17NO4S/c1-4-10(2,15-3)9(14)11-6-16-5-7(11)8(12)13/h7H,4-6H2,1-3H3,(H,12,13). The quantitative estimate of drug-likeness (QED) is 0.795. The normalized spacial score (nSPS) is 24.2. The van der Waals surface area contributed by atoms with Gasteiger partial charge in [0, 0.05) is 12.9 Å². The first kappa shape index (κ1) is 13.3. The van der Waals surface area contributed by atoms with Crippen LogP contribution >= 0.6 is 11.8 Å². The Morgan fingerprint density at radius 3 is 2.69 bits per heavy atom. The molecule has 2 unspecified atom stereocenters. The Balaban J connectivity index is 2.84. The Morgan fingerprint density at radius 2 is 2.25 bits per heavy atom. The zero-order valence-corrected chi connectivity index (χ0v) is 10.5. The van der Waals surface area contributed by atoms with Crippen LogP contribution in [-0.2, 0) is 14.3 Å². The number of thioether (sulfide) groups is 1. The van der Waals surface area contributed by atoms with Gasteiger partial charge in [0.1, 0.15) is 11.6 Å². The van der Waals surface area contributed by atoms with E-state index in [1.54, 1.807) is 6.92 Å². The number of rotatable bonds is 4. The highest BCUT2D eigenvalue weighted by Gasteiger charge is 2.42. The summed E-state index contributed by atoms with van der Waals surface area (Å²) in [6.07, 6.45) is 0.524. The minimum absolute atomic E-state index is 0.241. The summed E-state index contributed by atoms with van der Waals surface area (Å²) in [4.78, 5) is 24.5. The number of carboxylic acids is 1. The fourth-order valence-electron chi connectivity index (χ4n) is 1.53. The number of carbonyl (C=O) groups excluding carboxylic acids is 1. The van der Waals surface area contributed by atoms with Gasteiger partial charge in [-0.25, -0.2) is 4.79 Å². The van der Waals surface area contributed by atoms with E-state index in [0.717, 1.165) is 0 Å². The van der Waals surface area contributed by atoms with Crippen molar-refractivity contribution in [3.63, 3.8) is 0 Å². The molecule has 5 nitrogen and oxygen atoms in total. The zero-order chi connectivity index (χ0) is 12.3. The summed E-state index contributed by atoms with van der Waals surface area (Å²) in [6, 6.07) is -0.724. The lowest BCUT2D eigenvalue weighted by Gasteiger charge is -2.31. The number of nitrogens with zero attached hydrogens (tertiary/aromatic N) is 1. The number of carbonyl (C=O) groups is 2. The molecule has 1 rings (SSSR count). The van der Waals surface area contributed by atoms with E-state index >= 15 is 0 Å². The lowest BCUT2D eigenvalue weighted by atomic mass is 10.0. The second-order valence-corrected chi connectivity index (χ2v) is 4.92. The van der Waals surface area contributed by atoms with E-state index < -0.39 is 17.6 Å². The van der Waals surface area contributed by atoms with E-state index in [2.05, 4.69) is 0 Å². The topological polar surface area (TPSA) is 66.8 Å². The number of methoxy groups -OCH3 is 1. The Kier molecular flexibility index (Phi) is 4.21. The second-order valence-electron chi connectivity index (χ2n) is 3.92. The van der Waals surface area contributed by atoms with Crippen LogP contribution in [-0.4, -0.2) is 52.3 Å². The molecule has 6 heteroatoms. The van der Waals surface area contributed by atoms with Crippen molar-refractivity contribution in [1.29, 1.82) is 0 Å². The van der Waals surface area contributed by atoms with Gasteiger partial charge >= 0.3 is 5.97 Å². The molecule has 0 aromatic rings. The number of amides is 1. The van der Waals surface area contributed by atoms with Crippen molar-refractivity contribution in [3.8, 4) is 0 Å². The molecular weight excluding hydrogens is 230 g/mol. The highest BCUT2D eigenvalue weighted by Crippen LogP contribution is 2.27. The average molecular weight is 247 g/mol. The van der Waals surface area contributed by atoms with Gasteiger partial charge in [0.25, 0.3) is 5.91 Å². The van der Waals surface area contributed by atoms with Gasteiger partial charge in [-0.05, 0) is 13.3 Å². The molecule has 0 aromatic carbocycles. The van der Waals surface area contributed by atoms with Gasteiger partial charge in [-0.3, -0.25) is 4.79 Å². The van der Waals surface area contributed by atoms with Crippen LogP contribution in [0.25, 0.3) is 0 Å². The molecular formula is C10H17NO4S. The molecule has 1 heterocycles. The molecule has 1 saturated heterocycles. The molecule has 0 aliphatic carbocycles. The molecule has 0 aromatic heterocycles. The fourth-order valence-corrected chi connectivity index (χ4v) is 2.68. The summed E-state index contributed by atoms with van der Waals surface area (Å²) in [6.45, 7) is 3.54.